The van der Waals surface area contributed by atoms with Crippen molar-refractivity contribution >= 4 is 11.7 Å². The van der Waals surface area contributed by atoms with Gasteiger partial charge in [-0.3, -0.25) is 4.79 Å². The molecule has 0 atom stereocenters. The highest BCUT2D eigenvalue weighted by atomic mass is 16.5. The van der Waals surface area contributed by atoms with Gasteiger partial charge in [0.25, 0.3) is 0 Å². The molecule has 3 rings (SSSR count). The Kier molecular flexibility index (Phi) is 4.93. The zero-order valence-corrected chi connectivity index (χ0v) is 14.0. The van der Waals surface area contributed by atoms with Crippen LogP contribution in [0.3, 0.4) is 0 Å². The SMILES string of the molecule is CC(C)C(=O)NCCNc1ncnc2c1Cc1ccccc1OC2. The summed E-state index contributed by atoms with van der Waals surface area (Å²) in [5, 5.41) is 6.20. The Morgan fingerprint density at radius 3 is 2.92 bits per heavy atom. The van der Waals surface area contributed by atoms with E-state index in [9.17, 15) is 4.79 Å². The minimum atomic E-state index is -0.00558. The first-order valence-corrected chi connectivity index (χ1v) is 8.20. The fourth-order valence-electron chi connectivity index (χ4n) is 2.61. The van der Waals surface area contributed by atoms with Gasteiger partial charge < -0.3 is 15.4 Å². The Morgan fingerprint density at radius 2 is 2.08 bits per heavy atom. The van der Waals surface area contributed by atoms with Crippen molar-refractivity contribution in [3.63, 3.8) is 0 Å². The van der Waals surface area contributed by atoms with Gasteiger partial charge in [-0.25, -0.2) is 9.97 Å². The van der Waals surface area contributed by atoms with Crippen molar-refractivity contribution in [2.75, 3.05) is 18.4 Å². The Labute approximate surface area is 141 Å². The van der Waals surface area contributed by atoms with Crippen LogP contribution in [-0.4, -0.2) is 29.0 Å². The van der Waals surface area contributed by atoms with Gasteiger partial charge in [0.15, 0.2) is 0 Å². The predicted octanol–water partition coefficient (Wildman–Crippen LogP) is 2.14. The third-order valence-electron chi connectivity index (χ3n) is 3.98. The Morgan fingerprint density at radius 1 is 1.25 bits per heavy atom. The van der Waals surface area contributed by atoms with Crippen molar-refractivity contribution in [1.29, 1.82) is 0 Å². The van der Waals surface area contributed by atoms with Gasteiger partial charge in [-0.2, -0.15) is 0 Å². The summed E-state index contributed by atoms with van der Waals surface area (Å²) in [6.07, 6.45) is 2.28. The topological polar surface area (TPSA) is 76.1 Å². The van der Waals surface area contributed by atoms with Crippen LogP contribution in [0.1, 0.15) is 30.7 Å². The van der Waals surface area contributed by atoms with Crippen LogP contribution < -0.4 is 15.4 Å². The van der Waals surface area contributed by atoms with Gasteiger partial charge in [0.2, 0.25) is 5.91 Å². The number of hydrogen-bond donors (Lipinski definition) is 2. The summed E-state index contributed by atoms with van der Waals surface area (Å²) in [5.41, 5.74) is 3.08. The molecule has 2 N–H and O–H groups in total. The summed E-state index contributed by atoms with van der Waals surface area (Å²) in [7, 11) is 0. The number of fused-ring (bicyclic) bond motifs is 2. The van der Waals surface area contributed by atoms with E-state index in [1.165, 1.54) is 0 Å². The summed E-state index contributed by atoms with van der Waals surface area (Å²) < 4.78 is 5.84. The van der Waals surface area contributed by atoms with E-state index in [1.54, 1.807) is 6.33 Å². The second kappa shape index (κ2) is 7.29. The average Bonchev–Trinajstić information content (AvgIpc) is 2.78. The van der Waals surface area contributed by atoms with E-state index < -0.39 is 0 Å². The van der Waals surface area contributed by atoms with Gasteiger partial charge in [0.05, 0.1) is 5.69 Å². The predicted molar refractivity (Wildman–Crippen MR) is 91.9 cm³/mol. The Balaban J connectivity index is 1.69. The average molecular weight is 326 g/mol. The fraction of sp³-hybridized carbons (Fsp3) is 0.389. The van der Waals surface area contributed by atoms with Gasteiger partial charge >= 0.3 is 0 Å². The third-order valence-corrected chi connectivity index (χ3v) is 3.98. The van der Waals surface area contributed by atoms with Crippen LogP contribution >= 0.6 is 0 Å². The van der Waals surface area contributed by atoms with Gasteiger partial charge in [0, 0.05) is 31.0 Å². The first-order chi connectivity index (χ1) is 11.6. The van der Waals surface area contributed by atoms with Gasteiger partial charge in [0.1, 0.15) is 24.5 Å². The van der Waals surface area contributed by atoms with E-state index in [4.69, 9.17) is 4.74 Å². The number of carbonyl (C=O) groups excluding carboxylic acids is 1. The molecule has 1 aromatic heterocycles. The normalized spacial score (nSPS) is 12.6. The molecule has 1 aliphatic heterocycles. The highest BCUT2D eigenvalue weighted by Crippen LogP contribution is 2.29. The van der Waals surface area contributed by atoms with E-state index in [2.05, 4.69) is 26.7 Å². The van der Waals surface area contributed by atoms with Crippen LogP contribution in [0.2, 0.25) is 0 Å². The fourth-order valence-corrected chi connectivity index (χ4v) is 2.61. The molecular weight excluding hydrogens is 304 g/mol. The van der Waals surface area contributed by atoms with Crippen LogP contribution in [0, 0.1) is 5.92 Å². The standard InChI is InChI=1S/C18H22N4O2/c1-12(2)18(23)20-8-7-19-17-14-9-13-5-3-4-6-16(13)24-10-15(14)21-11-22-17/h3-6,11-12H,7-10H2,1-2H3,(H,20,23)(H,19,21,22). The number of amides is 1. The summed E-state index contributed by atoms with van der Waals surface area (Å²) in [6, 6.07) is 8.01. The lowest BCUT2D eigenvalue weighted by molar-refractivity contribution is -0.123. The number of para-hydroxylation sites is 1. The van der Waals surface area contributed by atoms with E-state index in [-0.39, 0.29) is 11.8 Å². The molecule has 0 radical (unpaired) electrons. The molecule has 0 saturated carbocycles. The van der Waals surface area contributed by atoms with Crippen LogP contribution in [0.4, 0.5) is 5.82 Å². The molecule has 0 saturated heterocycles. The molecule has 2 heterocycles. The lowest BCUT2D eigenvalue weighted by Crippen LogP contribution is -2.32. The maximum Gasteiger partial charge on any atom is 0.222 e. The van der Waals surface area contributed by atoms with E-state index >= 15 is 0 Å². The molecule has 0 spiro atoms. The Bertz CT molecular complexity index is 731. The minimum Gasteiger partial charge on any atom is -0.487 e. The quantitative estimate of drug-likeness (QED) is 0.823. The third kappa shape index (κ3) is 3.64. The van der Waals surface area contributed by atoms with Crippen LogP contribution in [0.5, 0.6) is 5.75 Å². The largest absolute Gasteiger partial charge is 0.487 e. The maximum absolute atomic E-state index is 11.6. The molecule has 24 heavy (non-hydrogen) atoms. The molecule has 6 nitrogen and oxygen atoms in total. The van der Waals surface area contributed by atoms with Crippen molar-refractivity contribution in [1.82, 2.24) is 15.3 Å². The van der Waals surface area contributed by atoms with Gasteiger partial charge in [-0.05, 0) is 11.6 Å². The minimum absolute atomic E-state index is 0.00558. The number of benzene rings is 1. The summed E-state index contributed by atoms with van der Waals surface area (Å²) in [5.74, 6) is 1.75. The molecule has 6 heteroatoms. The van der Waals surface area contributed by atoms with Crippen LogP contribution in [-0.2, 0) is 17.8 Å². The van der Waals surface area contributed by atoms with E-state index in [1.807, 2.05) is 32.0 Å². The first kappa shape index (κ1) is 16.2. The van der Waals surface area contributed by atoms with Crippen molar-refractivity contribution in [3.05, 3.63) is 47.4 Å². The summed E-state index contributed by atoms with van der Waals surface area (Å²) in [6.45, 7) is 5.37. The number of nitrogens with zero attached hydrogens (tertiary/aromatic N) is 2. The number of hydrogen-bond acceptors (Lipinski definition) is 5. The number of aromatic nitrogens is 2. The number of rotatable bonds is 5. The molecule has 0 aliphatic carbocycles. The molecule has 2 aromatic rings. The van der Waals surface area contributed by atoms with Crippen molar-refractivity contribution in [3.8, 4) is 5.75 Å². The maximum atomic E-state index is 11.6. The van der Waals surface area contributed by atoms with Crippen LogP contribution in [0.25, 0.3) is 0 Å². The smallest absolute Gasteiger partial charge is 0.222 e. The zero-order chi connectivity index (χ0) is 16.9. The molecule has 0 unspecified atom stereocenters. The van der Waals surface area contributed by atoms with E-state index in [0.29, 0.717) is 19.7 Å². The molecule has 0 bridgehead atoms. The highest BCUT2D eigenvalue weighted by Gasteiger charge is 2.18. The second-order valence-corrected chi connectivity index (χ2v) is 6.09. The molecule has 1 amide bonds. The van der Waals surface area contributed by atoms with Crippen molar-refractivity contribution in [2.45, 2.75) is 26.9 Å². The lowest BCUT2D eigenvalue weighted by Gasteiger charge is -2.13. The molecule has 0 fully saturated rings. The van der Waals surface area contributed by atoms with Crippen molar-refractivity contribution < 1.29 is 9.53 Å². The lowest BCUT2D eigenvalue weighted by atomic mass is 10.0. The number of carbonyl (C=O) groups is 1. The number of ether oxygens (including phenoxy) is 1. The summed E-state index contributed by atoms with van der Waals surface area (Å²) >= 11 is 0. The highest BCUT2D eigenvalue weighted by molar-refractivity contribution is 5.77. The molecule has 1 aromatic carbocycles. The van der Waals surface area contributed by atoms with Gasteiger partial charge in [-0.1, -0.05) is 32.0 Å². The molecule has 126 valence electrons. The zero-order valence-electron chi connectivity index (χ0n) is 14.0. The van der Waals surface area contributed by atoms with Crippen LogP contribution in [0.15, 0.2) is 30.6 Å². The monoisotopic (exact) mass is 326 g/mol. The molecular formula is C18H22N4O2. The summed E-state index contributed by atoms with van der Waals surface area (Å²) in [4.78, 5) is 20.3. The number of nitrogens with one attached hydrogen (secondary N) is 2. The number of anilines is 1. The first-order valence-electron chi connectivity index (χ1n) is 8.20. The Hall–Kier alpha value is -2.63. The van der Waals surface area contributed by atoms with E-state index in [0.717, 1.165) is 34.8 Å². The van der Waals surface area contributed by atoms with Crippen molar-refractivity contribution in [2.24, 2.45) is 5.92 Å². The second-order valence-electron chi connectivity index (χ2n) is 6.09. The van der Waals surface area contributed by atoms with Gasteiger partial charge in [-0.15, -0.1) is 0 Å². The molecule has 1 aliphatic rings.